The van der Waals surface area contributed by atoms with Crippen LogP contribution in [0.5, 0.6) is 5.75 Å². The van der Waals surface area contributed by atoms with E-state index < -0.39 is 0 Å². The fourth-order valence-corrected chi connectivity index (χ4v) is 4.40. The Morgan fingerprint density at radius 2 is 2.09 bits per heavy atom. The van der Waals surface area contributed by atoms with Crippen LogP contribution in [0.1, 0.15) is 44.9 Å². The molecule has 9 nitrogen and oxygen atoms in total. The lowest BCUT2D eigenvalue weighted by atomic mass is 10.1. The number of hydrogen-bond acceptors (Lipinski definition) is 8. The van der Waals surface area contributed by atoms with Crippen molar-refractivity contribution in [3.05, 3.63) is 30.6 Å². The summed E-state index contributed by atoms with van der Waals surface area (Å²) < 4.78 is 8.01. The van der Waals surface area contributed by atoms with Gasteiger partial charge in [0, 0.05) is 31.3 Å². The number of carbonyl (C=O) groups excluding carboxylic acids is 1. The molecule has 0 bridgehead atoms. The molecule has 2 heterocycles. The Balaban J connectivity index is 1.62. The predicted octanol–water partition coefficient (Wildman–Crippen LogP) is 4.27. The molecule has 180 valence electrons. The Kier molecular flexibility index (Phi) is 10.0. The SMILES string of the molecule is C#CCCCn1c(Sc2cccc(OCCCCCCC(=O)NO)c2)nc2c(NC)ncnc21. The van der Waals surface area contributed by atoms with Crippen LogP contribution >= 0.6 is 11.8 Å². The van der Waals surface area contributed by atoms with E-state index in [1.165, 1.54) is 6.33 Å². The van der Waals surface area contributed by atoms with Gasteiger partial charge in [-0.05, 0) is 37.5 Å². The van der Waals surface area contributed by atoms with Crippen molar-refractivity contribution in [2.24, 2.45) is 0 Å². The lowest BCUT2D eigenvalue weighted by molar-refractivity contribution is -0.129. The Labute approximate surface area is 203 Å². The van der Waals surface area contributed by atoms with E-state index in [2.05, 4.69) is 25.8 Å². The normalized spacial score (nSPS) is 10.7. The molecular formula is C24H30N6O3S. The number of anilines is 1. The van der Waals surface area contributed by atoms with E-state index in [4.69, 9.17) is 21.4 Å². The summed E-state index contributed by atoms with van der Waals surface area (Å²) in [5.41, 5.74) is 3.16. The largest absolute Gasteiger partial charge is 0.494 e. The number of hydroxylamine groups is 1. The van der Waals surface area contributed by atoms with Crippen LogP contribution in [-0.4, -0.2) is 44.3 Å². The number of ether oxygens (including phenoxy) is 1. The summed E-state index contributed by atoms with van der Waals surface area (Å²) in [4.78, 5) is 25.6. The molecule has 3 aromatic rings. The van der Waals surface area contributed by atoms with E-state index in [1.807, 2.05) is 31.3 Å². The molecule has 0 spiro atoms. The monoisotopic (exact) mass is 482 g/mol. The fraction of sp³-hybridized carbons (Fsp3) is 0.417. The maximum atomic E-state index is 11.0. The fourth-order valence-electron chi connectivity index (χ4n) is 3.44. The molecule has 0 saturated carbocycles. The van der Waals surface area contributed by atoms with Gasteiger partial charge in [0.2, 0.25) is 5.91 Å². The number of nitrogens with one attached hydrogen (secondary N) is 2. The summed E-state index contributed by atoms with van der Waals surface area (Å²) in [6, 6.07) is 7.94. The van der Waals surface area contributed by atoms with Crippen molar-refractivity contribution in [1.29, 1.82) is 0 Å². The third-order valence-corrected chi connectivity index (χ3v) is 6.13. The van der Waals surface area contributed by atoms with Crippen molar-refractivity contribution in [3.8, 4) is 18.1 Å². The van der Waals surface area contributed by atoms with Crippen LogP contribution in [-0.2, 0) is 11.3 Å². The maximum Gasteiger partial charge on any atom is 0.243 e. The van der Waals surface area contributed by atoms with Crippen molar-refractivity contribution in [3.63, 3.8) is 0 Å². The van der Waals surface area contributed by atoms with Gasteiger partial charge in [0.25, 0.3) is 0 Å². The minimum Gasteiger partial charge on any atom is -0.494 e. The molecule has 10 heteroatoms. The third kappa shape index (κ3) is 7.10. The Morgan fingerprint density at radius 3 is 2.88 bits per heavy atom. The van der Waals surface area contributed by atoms with E-state index in [9.17, 15) is 4.79 Å². The van der Waals surface area contributed by atoms with Gasteiger partial charge in [-0.15, -0.1) is 12.3 Å². The second-order valence-corrected chi connectivity index (χ2v) is 8.66. The summed E-state index contributed by atoms with van der Waals surface area (Å²) in [5.74, 6) is 3.84. The summed E-state index contributed by atoms with van der Waals surface area (Å²) in [6.07, 6.45) is 12.4. The summed E-state index contributed by atoms with van der Waals surface area (Å²) >= 11 is 1.55. The predicted molar refractivity (Wildman–Crippen MR) is 132 cm³/mol. The lowest BCUT2D eigenvalue weighted by Crippen LogP contribution is -2.17. The first-order chi connectivity index (χ1) is 16.7. The van der Waals surface area contributed by atoms with Gasteiger partial charge in [-0.25, -0.2) is 20.4 Å². The molecule has 3 N–H and O–H groups in total. The zero-order valence-electron chi connectivity index (χ0n) is 19.3. The molecule has 0 aliphatic carbocycles. The first-order valence-electron chi connectivity index (χ1n) is 11.3. The number of rotatable bonds is 14. The van der Waals surface area contributed by atoms with Gasteiger partial charge in [-0.3, -0.25) is 10.0 Å². The van der Waals surface area contributed by atoms with Gasteiger partial charge >= 0.3 is 0 Å². The minimum atomic E-state index is -0.343. The molecular weight excluding hydrogens is 452 g/mol. The molecule has 2 aromatic heterocycles. The Morgan fingerprint density at radius 1 is 1.24 bits per heavy atom. The molecule has 0 aliphatic heterocycles. The molecule has 3 rings (SSSR count). The molecule has 0 aliphatic rings. The van der Waals surface area contributed by atoms with Gasteiger partial charge in [-0.2, -0.15) is 0 Å². The lowest BCUT2D eigenvalue weighted by Gasteiger charge is -2.09. The number of fused-ring (bicyclic) bond motifs is 1. The van der Waals surface area contributed by atoms with Gasteiger partial charge < -0.3 is 14.6 Å². The van der Waals surface area contributed by atoms with Gasteiger partial charge in [0.05, 0.1) is 6.61 Å². The number of carbonyl (C=O) groups is 1. The van der Waals surface area contributed by atoms with Gasteiger partial charge in [-0.1, -0.05) is 30.7 Å². The van der Waals surface area contributed by atoms with Crippen molar-refractivity contribution in [1.82, 2.24) is 25.0 Å². The van der Waals surface area contributed by atoms with E-state index in [-0.39, 0.29) is 5.91 Å². The quantitative estimate of drug-likeness (QED) is 0.135. The van der Waals surface area contributed by atoms with Crippen LogP contribution in [0.15, 0.2) is 40.6 Å². The smallest absolute Gasteiger partial charge is 0.243 e. The first-order valence-corrected chi connectivity index (χ1v) is 12.1. The highest BCUT2D eigenvalue weighted by atomic mass is 32.2. The molecule has 0 unspecified atom stereocenters. The average Bonchev–Trinajstić information content (AvgIpc) is 3.20. The number of terminal acetylenes is 1. The maximum absolute atomic E-state index is 11.0. The number of imidazole rings is 1. The zero-order valence-corrected chi connectivity index (χ0v) is 20.1. The van der Waals surface area contributed by atoms with Crippen molar-refractivity contribution >= 4 is 34.7 Å². The highest BCUT2D eigenvalue weighted by molar-refractivity contribution is 7.99. The van der Waals surface area contributed by atoms with Crippen LogP contribution in [0.4, 0.5) is 5.82 Å². The van der Waals surface area contributed by atoms with Crippen LogP contribution in [0.2, 0.25) is 0 Å². The number of unbranched alkanes of at least 4 members (excludes halogenated alkanes) is 4. The number of hydrogen-bond donors (Lipinski definition) is 3. The first kappa shape index (κ1) is 25.3. The molecule has 0 radical (unpaired) electrons. The average molecular weight is 483 g/mol. The topological polar surface area (TPSA) is 114 Å². The molecule has 34 heavy (non-hydrogen) atoms. The molecule has 0 saturated heterocycles. The number of benzene rings is 1. The molecule has 1 aromatic carbocycles. The highest BCUT2D eigenvalue weighted by Gasteiger charge is 2.16. The third-order valence-electron chi connectivity index (χ3n) is 5.14. The number of aryl methyl sites for hydroxylation is 1. The van der Waals surface area contributed by atoms with Crippen LogP contribution in [0, 0.1) is 12.3 Å². The van der Waals surface area contributed by atoms with Gasteiger partial charge in [0.1, 0.15) is 12.1 Å². The van der Waals surface area contributed by atoms with E-state index >= 15 is 0 Å². The summed E-state index contributed by atoms with van der Waals surface area (Å²) in [7, 11) is 1.82. The number of aromatic nitrogens is 4. The second-order valence-electron chi connectivity index (χ2n) is 7.62. The second kappa shape index (κ2) is 13.4. The molecule has 0 fully saturated rings. The van der Waals surface area contributed by atoms with Crippen LogP contribution in [0.25, 0.3) is 11.2 Å². The number of amides is 1. The van der Waals surface area contributed by atoms with E-state index in [0.29, 0.717) is 25.3 Å². The van der Waals surface area contributed by atoms with Crippen molar-refractivity contribution in [2.45, 2.75) is 61.5 Å². The Hall–Kier alpha value is -3.29. The zero-order chi connectivity index (χ0) is 24.2. The minimum absolute atomic E-state index is 0.339. The standard InChI is InChI=1S/C24H30N6O3S/c1-3-4-8-14-30-23-21(22(25-2)26-17-27-23)28-24(30)34-19-12-10-11-18(16-19)33-15-9-6-5-7-13-20(31)29-32/h1,10-12,16-17,32H,4-9,13-15H2,2H3,(H,29,31)(H,25,26,27). The van der Waals surface area contributed by atoms with Crippen molar-refractivity contribution < 1.29 is 14.7 Å². The van der Waals surface area contributed by atoms with Crippen LogP contribution < -0.4 is 15.5 Å². The van der Waals surface area contributed by atoms with Gasteiger partial charge in [0.15, 0.2) is 22.1 Å². The summed E-state index contributed by atoms with van der Waals surface area (Å²) in [6.45, 7) is 1.32. The Bertz CT molecular complexity index is 1130. The van der Waals surface area contributed by atoms with Crippen molar-refractivity contribution in [2.75, 3.05) is 19.0 Å². The van der Waals surface area contributed by atoms with E-state index in [0.717, 1.165) is 65.6 Å². The summed E-state index contributed by atoms with van der Waals surface area (Å²) in [5, 5.41) is 12.4. The van der Waals surface area contributed by atoms with Crippen LogP contribution in [0.3, 0.4) is 0 Å². The number of nitrogens with zero attached hydrogens (tertiary/aromatic N) is 4. The van der Waals surface area contributed by atoms with E-state index in [1.54, 1.807) is 17.2 Å². The highest BCUT2D eigenvalue weighted by Crippen LogP contribution is 2.33. The molecule has 0 atom stereocenters. The molecule has 1 amide bonds.